The first kappa shape index (κ1) is 22.6. The minimum atomic E-state index is -1.57. The number of ether oxygens (including phenoxy) is 1. The van der Waals surface area contributed by atoms with Crippen LogP contribution in [0.2, 0.25) is 0 Å². The van der Waals surface area contributed by atoms with Gasteiger partial charge in [-0.05, 0) is 104 Å². The summed E-state index contributed by atoms with van der Waals surface area (Å²) in [7, 11) is 0. The summed E-state index contributed by atoms with van der Waals surface area (Å²) >= 11 is 0. The van der Waals surface area contributed by atoms with Crippen molar-refractivity contribution < 1.29 is 19.7 Å². The van der Waals surface area contributed by atoms with Crippen molar-refractivity contribution >= 4 is 5.97 Å². The van der Waals surface area contributed by atoms with Crippen molar-refractivity contribution in [3.8, 4) is 0 Å². The Balaban J connectivity index is 1.39. The molecule has 0 aromatic heterocycles. The first-order valence-electron chi connectivity index (χ1n) is 12.8. The van der Waals surface area contributed by atoms with E-state index in [0.29, 0.717) is 29.1 Å². The smallest absolute Gasteiger partial charge is 0.305 e. The molecule has 0 unspecified atom stereocenters. The van der Waals surface area contributed by atoms with Gasteiger partial charge in [-0.1, -0.05) is 33.6 Å². The van der Waals surface area contributed by atoms with E-state index in [0.717, 1.165) is 30.1 Å². The fraction of sp³-hybridized carbons (Fsp3) is 0.962. The molecule has 8 atom stereocenters. The van der Waals surface area contributed by atoms with E-state index in [-0.39, 0.29) is 12.6 Å². The van der Waals surface area contributed by atoms with Crippen LogP contribution in [0.4, 0.5) is 0 Å². The third kappa shape index (κ3) is 3.96. The number of carbonyl (C=O) groups is 1. The molecule has 0 aliphatic heterocycles. The molecular weight excluding hydrogens is 376 g/mol. The molecule has 2 N–H and O–H groups in total. The van der Waals surface area contributed by atoms with Crippen molar-refractivity contribution in [3.05, 3.63) is 0 Å². The molecule has 4 aliphatic carbocycles. The molecule has 0 spiro atoms. The Hall–Kier alpha value is -0.610. The molecule has 0 amide bonds. The number of hydrogen-bond acceptors (Lipinski definition) is 4. The molecule has 30 heavy (non-hydrogen) atoms. The summed E-state index contributed by atoms with van der Waals surface area (Å²) in [5, 5.41) is 17.8. The largest absolute Gasteiger partial charge is 0.460 e. The minimum absolute atomic E-state index is 0.304. The Bertz CT molecular complexity index is 618. The van der Waals surface area contributed by atoms with Crippen molar-refractivity contribution in [1.29, 1.82) is 0 Å². The van der Waals surface area contributed by atoms with E-state index < -0.39 is 6.29 Å². The summed E-state index contributed by atoms with van der Waals surface area (Å²) in [6.45, 7) is 7.25. The average Bonchev–Trinajstić information content (AvgIpc) is 3.07. The fourth-order valence-corrected chi connectivity index (χ4v) is 9.06. The lowest BCUT2D eigenvalue weighted by atomic mass is 9.44. The van der Waals surface area contributed by atoms with Crippen LogP contribution in [0, 0.1) is 46.3 Å². The van der Waals surface area contributed by atoms with E-state index in [1.54, 1.807) is 0 Å². The van der Waals surface area contributed by atoms with E-state index in [9.17, 15) is 4.79 Å². The van der Waals surface area contributed by atoms with Gasteiger partial charge in [-0.15, -0.1) is 0 Å². The average molecular weight is 421 g/mol. The van der Waals surface area contributed by atoms with Crippen LogP contribution in [0.15, 0.2) is 0 Å². The molecule has 0 bridgehead atoms. The Labute approximate surface area is 183 Å². The molecule has 4 heteroatoms. The summed E-state index contributed by atoms with van der Waals surface area (Å²) in [5.74, 6) is 4.65. The van der Waals surface area contributed by atoms with Crippen LogP contribution in [-0.4, -0.2) is 29.1 Å². The lowest BCUT2D eigenvalue weighted by Crippen LogP contribution is -2.53. The van der Waals surface area contributed by atoms with E-state index in [1.807, 2.05) is 0 Å². The van der Waals surface area contributed by atoms with Gasteiger partial charge >= 0.3 is 5.97 Å². The van der Waals surface area contributed by atoms with Gasteiger partial charge in [-0.25, -0.2) is 0 Å². The van der Waals surface area contributed by atoms with Crippen LogP contribution >= 0.6 is 0 Å². The second kappa shape index (κ2) is 8.73. The SMILES string of the molecule is C[C@H](CCC(=O)OCC(O)O)[C@H]1CC[C@H]2[C@@H]3CC[C@@H]4CCCC[C@]4(C)[C@H]3CC[C@]12C. The maximum atomic E-state index is 11.9. The van der Waals surface area contributed by atoms with E-state index in [1.165, 1.54) is 64.2 Å². The molecule has 0 radical (unpaired) electrons. The number of carbonyl (C=O) groups excluding carboxylic acids is 1. The summed E-state index contributed by atoms with van der Waals surface area (Å²) in [6, 6.07) is 0. The zero-order valence-corrected chi connectivity index (χ0v) is 19.4. The van der Waals surface area contributed by atoms with Gasteiger partial charge in [0.15, 0.2) is 6.29 Å². The minimum Gasteiger partial charge on any atom is -0.460 e. The molecular formula is C26H44O4. The Morgan fingerprint density at radius 1 is 0.967 bits per heavy atom. The molecule has 4 fully saturated rings. The lowest BCUT2D eigenvalue weighted by molar-refractivity contribution is -0.157. The van der Waals surface area contributed by atoms with Crippen molar-refractivity contribution in [3.63, 3.8) is 0 Å². The zero-order chi connectivity index (χ0) is 21.5. The van der Waals surface area contributed by atoms with Gasteiger partial charge in [-0.2, -0.15) is 0 Å². The lowest BCUT2D eigenvalue weighted by Gasteiger charge is -2.61. The molecule has 172 valence electrons. The number of rotatable bonds is 6. The molecule has 4 rings (SSSR count). The maximum Gasteiger partial charge on any atom is 0.305 e. The Morgan fingerprint density at radius 3 is 2.50 bits per heavy atom. The van der Waals surface area contributed by atoms with E-state index >= 15 is 0 Å². The highest BCUT2D eigenvalue weighted by atomic mass is 16.6. The van der Waals surface area contributed by atoms with Crippen LogP contribution < -0.4 is 0 Å². The third-order valence-electron chi connectivity index (χ3n) is 10.5. The highest BCUT2D eigenvalue weighted by molar-refractivity contribution is 5.69. The topological polar surface area (TPSA) is 66.8 Å². The van der Waals surface area contributed by atoms with Gasteiger partial charge in [0.2, 0.25) is 0 Å². The zero-order valence-electron chi connectivity index (χ0n) is 19.4. The molecule has 4 nitrogen and oxygen atoms in total. The first-order valence-corrected chi connectivity index (χ1v) is 12.8. The van der Waals surface area contributed by atoms with Gasteiger partial charge in [-0.3, -0.25) is 4.79 Å². The predicted molar refractivity (Wildman–Crippen MR) is 117 cm³/mol. The molecule has 4 saturated carbocycles. The Morgan fingerprint density at radius 2 is 1.73 bits per heavy atom. The number of fused-ring (bicyclic) bond motifs is 5. The molecule has 0 heterocycles. The standard InChI is InChI=1S/C26H44O4/c1-17(7-12-24(29)30-16-23(27)28)20-10-11-21-19-9-8-18-6-4-5-14-25(18,2)22(19)13-15-26(20,21)3/h17-23,27-28H,4-16H2,1-3H3/t17-,18+,19+,20-,21+,22+,25+,26-/m1/s1. The molecule has 0 saturated heterocycles. The van der Waals surface area contributed by atoms with Crippen molar-refractivity contribution in [2.24, 2.45) is 46.3 Å². The number of hydrogen-bond donors (Lipinski definition) is 2. The van der Waals surface area contributed by atoms with Crippen LogP contribution in [0.1, 0.15) is 97.8 Å². The Kier molecular flexibility index (Phi) is 6.57. The first-order chi connectivity index (χ1) is 14.3. The van der Waals surface area contributed by atoms with Crippen LogP contribution in [0.25, 0.3) is 0 Å². The maximum absolute atomic E-state index is 11.9. The van der Waals surface area contributed by atoms with Crippen LogP contribution in [-0.2, 0) is 9.53 Å². The number of aliphatic hydroxyl groups is 2. The summed E-state index contributed by atoms with van der Waals surface area (Å²) in [6.07, 6.45) is 13.9. The summed E-state index contributed by atoms with van der Waals surface area (Å²) in [4.78, 5) is 11.9. The van der Waals surface area contributed by atoms with Crippen molar-refractivity contribution in [2.45, 2.75) is 104 Å². The monoisotopic (exact) mass is 420 g/mol. The highest BCUT2D eigenvalue weighted by Crippen LogP contribution is 2.68. The normalized spacial score (nSPS) is 44.1. The summed E-state index contributed by atoms with van der Waals surface area (Å²) < 4.78 is 4.94. The van der Waals surface area contributed by atoms with Crippen LogP contribution in [0.5, 0.6) is 0 Å². The second-order valence-corrected chi connectivity index (χ2v) is 11.8. The second-order valence-electron chi connectivity index (χ2n) is 11.8. The fourth-order valence-electron chi connectivity index (χ4n) is 9.06. The number of esters is 1. The van der Waals surface area contributed by atoms with Gasteiger partial charge in [0.25, 0.3) is 0 Å². The van der Waals surface area contributed by atoms with Gasteiger partial charge in [0.1, 0.15) is 6.61 Å². The number of aliphatic hydroxyl groups excluding tert-OH is 1. The molecule has 0 aromatic rings. The summed E-state index contributed by atoms with van der Waals surface area (Å²) in [5.41, 5.74) is 1.04. The molecule has 0 aromatic carbocycles. The third-order valence-corrected chi connectivity index (χ3v) is 10.5. The quantitative estimate of drug-likeness (QED) is 0.452. The van der Waals surface area contributed by atoms with E-state index in [2.05, 4.69) is 20.8 Å². The van der Waals surface area contributed by atoms with Gasteiger partial charge < -0.3 is 14.9 Å². The predicted octanol–water partition coefficient (Wildman–Crippen LogP) is 5.31. The van der Waals surface area contributed by atoms with Gasteiger partial charge in [0.05, 0.1) is 0 Å². The van der Waals surface area contributed by atoms with Crippen LogP contribution in [0.3, 0.4) is 0 Å². The molecule has 4 aliphatic rings. The van der Waals surface area contributed by atoms with Crippen molar-refractivity contribution in [2.75, 3.05) is 6.61 Å². The highest BCUT2D eigenvalue weighted by Gasteiger charge is 2.60. The van der Waals surface area contributed by atoms with Crippen molar-refractivity contribution in [1.82, 2.24) is 0 Å². The van der Waals surface area contributed by atoms with E-state index in [4.69, 9.17) is 14.9 Å². The van der Waals surface area contributed by atoms with Gasteiger partial charge in [0, 0.05) is 6.42 Å².